The molecule has 11 atom stereocenters. The molecule has 4 fully saturated rings. The van der Waals surface area contributed by atoms with E-state index in [1.807, 2.05) is 14.2 Å². The third-order valence-electron chi connectivity index (χ3n) is 10.9. The molecule has 11 unspecified atom stereocenters. The van der Waals surface area contributed by atoms with Gasteiger partial charge < -0.3 is 19.7 Å². The van der Waals surface area contributed by atoms with Crippen LogP contribution < -0.4 is 0 Å². The number of hydrogen-bond donors (Lipinski definition) is 2. The summed E-state index contributed by atoms with van der Waals surface area (Å²) in [5, 5.41) is 20.8. The van der Waals surface area contributed by atoms with E-state index >= 15 is 0 Å². The van der Waals surface area contributed by atoms with Crippen LogP contribution in [0.2, 0.25) is 0 Å². The summed E-state index contributed by atoms with van der Waals surface area (Å²) in [6.45, 7) is 7.01. The second-order valence-corrected chi connectivity index (χ2v) is 11.8. The van der Waals surface area contributed by atoms with Crippen LogP contribution in [0.3, 0.4) is 0 Å². The average molecular weight is 437 g/mol. The van der Waals surface area contributed by atoms with Gasteiger partial charge in [-0.3, -0.25) is 4.79 Å². The first-order valence-electron chi connectivity index (χ1n) is 12.6. The Hall–Kier alpha value is -0.650. The molecule has 2 N–H and O–H groups in total. The molecule has 5 nitrogen and oxygen atoms in total. The highest BCUT2D eigenvalue weighted by atomic mass is 16.5. The number of aliphatic hydroxyl groups is 1. The standard InChI is InChI=1S/C26H44O5/c1-15(6-9-23(28)29)18-7-8-19-24-20(14-22(27)26(18,19)3)25(2)11-10-17(30-4)12-16(25)13-21(24)31-5/h15-22,24,27H,6-14H2,1-5H3,(H,28,29). The van der Waals surface area contributed by atoms with Crippen LogP contribution in [-0.2, 0) is 14.3 Å². The van der Waals surface area contributed by atoms with Gasteiger partial charge in [0.15, 0.2) is 0 Å². The summed E-state index contributed by atoms with van der Waals surface area (Å²) in [5.41, 5.74) is 0.118. The van der Waals surface area contributed by atoms with Gasteiger partial charge in [0.05, 0.1) is 18.3 Å². The van der Waals surface area contributed by atoms with Gasteiger partial charge in [-0.15, -0.1) is 0 Å². The van der Waals surface area contributed by atoms with Crippen LogP contribution in [0.25, 0.3) is 0 Å². The van der Waals surface area contributed by atoms with Gasteiger partial charge in [-0.1, -0.05) is 20.8 Å². The SMILES string of the molecule is COC1CCC2(C)C(C1)CC(OC)C1C2CC(O)C2(C)C(C(C)CCC(=O)O)CCC12. The molecule has 0 aromatic carbocycles. The number of rotatable bonds is 6. The van der Waals surface area contributed by atoms with Gasteiger partial charge in [0.25, 0.3) is 0 Å². The number of aliphatic hydroxyl groups excluding tert-OH is 1. The molecule has 0 heterocycles. The first-order valence-corrected chi connectivity index (χ1v) is 12.6. The maximum atomic E-state index is 11.7. The molecule has 0 aromatic heterocycles. The number of aliphatic carboxylic acids is 1. The number of fused-ring (bicyclic) bond motifs is 5. The normalized spacial score (nSPS) is 50.3. The molecule has 0 saturated heterocycles. The van der Waals surface area contributed by atoms with E-state index in [0.29, 0.717) is 48.0 Å². The minimum Gasteiger partial charge on any atom is -0.481 e. The van der Waals surface area contributed by atoms with Gasteiger partial charge in [0.2, 0.25) is 0 Å². The van der Waals surface area contributed by atoms with E-state index in [-0.39, 0.29) is 29.5 Å². The molecule has 0 spiro atoms. The highest BCUT2D eigenvalue weighted by Gasteiger charge is 2.66. The Morgan fingerprint density at radius 1 is 1.06 bits per heavy atom. The van der Waals surface area contributed by atoms with E-state index in [1.165, 1.54) is 6.42 Å². The highest BCUT2D eigenvalue weighted by Crippen LogP contribution is 2.68. The summed E-state index contributed by atoms with van der Waals surface area (Å²) in [6, 6.07) is 0. The minimum atomic E-state index is -0.715. The maximum Gasteiger partial charge on any atom is 0.303 e. The lowest BCUT2D eigenvalue weighted by molar-refractivity contribution is -0.213. The lowest BCUT2D eigenvalue weighted by Crippen LogP contribution is -2.62. The van der Waals surface area contributed by atoms with Crippen molar-refractivity contribution in [1.82, 2.24) is 0 Å². The van der Waals surface area contributed by atoms with Crippen molar-refractivity contribution in [2.24, 2.45) is 46.3 Å². The third kappa shape index (κ3) is 3.67. The molecule has 4 rings (SSSR count). The Bertz CT molecular complexity index is 666. The smallest absolute Gasteiger partial charge is 0.303 e. The number of hydrogen-bond acceptors (Lipinski definition) is 4. The molecule has 4 aliphatic carbocycles. The van der Waals surface area contributed by atoms with Crippen molar-refractivity contribution in [3.63, 3.8) is 0 Å². The Labute approximate surface area is 188 Å². The van der Waals surface area contributed by atoms with Gasteiger partial charge >= 0.3 is 5.97 Å². The fourth-order valence-corrected chi connectivity index (χ4v) is 9.11. The average Bonchev–Trinajstić information content (AvgIpc) is 3.10. The molecule has 0 radical (unpaired) electrons. The van der Waals surface area contributed by atoms with Crippen LogP contribution in [-0.4, -0.2) is 48.7 Å². The molecule has 0 amide bonds. The summed E-state index contributed by atoms with van der Waals surface area (Å²) >= 11 is 0. The predicted octanol–water partition coefficient (Wildman–Crippen LogP) is 4.76. The summed E-state index contributed by atoms with van der Waals surface area (Å²) in [4.78, 5) is 11.2. The number of carboxylic acid groups (broad SMARTS) is 1. The third-order valence-corrected chi connectivity index (χ3v) is 10.9. The summed E-state index contributed by atoms with van der Waals surface area (Å²) in [7, 11) is 3.72. The molecule has 0 bridgehead atoms. The summed E-state index contributed by atoms with van der Waals surface area (Å²) in [5.74, 6) is 2.04. The number of methoxy groups -OCH3 is 2. The fraction of sp³-hybridized carbons (Fsp3) is 0.962. The van der Waals surface area contributed by atoms with Crippen molar-refractivity contribution in [3.8, 4) is 0 Å². The highest BCUT2D eigenvalue weighted by molar-refractivity contribution is 5.66. The zero-order chi connectivity index (χ0) is 22.6. The molecule has 178 valence electrons. The lowest BCUT2D eigenvalue weighted by atomic mass is 9.43. The number of carboxylic acids is 1. The van der Waals surface area contributed by atoms with Crippen molar-refractivity contribution < 1.29 is 24.5 Å². The zero-order valence-corrected chi connectivity index (χ0v) is 20.2. The van der Waals surface area contributed by atoms with Gasteiger partial charge in [-0.05, 0) is 97.7 Å². The van der Waals surface area contributed by atoms with Gasteiger partial charge in [0, 0.05) is 20.6 Å². The Kier molecular flexibility index (Phi) is 6.53. The lowest BCUT2D eigenvalue weighted by Gasteiger charge is -2.64. The van der Waals surface area contributed by atoms with Crippen LogP contribution in [0.1, 0.15) is 78.6 Å². The van der Waals surface area contributed by atoms with Crippen molar-refractivity contribution in [1.29, 1.82) is 0 Å². The quantitative estimate of drug-likeness (QED) is 0.628. The molecule has 4 saturated carbocycles. The van der Waals surface area contributed by atoms with E-state index in [9.17, 15) is 15.0 Å². The topological polar surface area (TPSA) is 76.0 Å². The second kappa shape index (κ2) is 8.61. The van der Waals surface area contributed by atoms with Crippen molar-refractivity contribution >= 4 is 5.97 Å². The predicted molar refractivity (Wildman–Crippen MR) is 120 cm³/mol. The second-order valence-electron chi connectivity index (χ2n) is 11.8. The monoisotopic (exact) mass is 436 g/mol. The molecule has 0 aliphatic heterocycles. The Morgan fingerprint density at radius 2 is 1.81 bits per heavy atom. The van der Waals surface area contributed by atoms with E-state index in [2.05, 4.69) is 20.8 Å². The fourth-order valence-electron chi connectivity index (χ4n) is 9.11. The zero-order valence-electron chi connectivity index (χ0n) is 20.2. The van der Waals surface area contributed by atoms with Gasteiger partial charge in [-0.25, -0.2) is 0 Å². The molecule has 0 aromatic rings. The first-order chi connectivity index (χ1) is 14.7. The van der Waals surface area contributed by atoms with E-state index < -0.39 is 5.97 Å². The number of ether oxygens (including phenoxy) is 2. The Balaban J connectivity index is 1.62. The van der Waals surface area contributed by atoms with Crippen LogP contribution in [0.5, 0.6) is 0 Å². The van der Waals surface area contributed by atoms with Crippen molar-refractivity contribution in [3.05, 3.63) is 0 Å². The molecule has 4 aliphatic rings. The number of carbonyl (C=O) groups is 1. The van der Waals surface area contributed by atoms with E-state index in [1.54, 1.807) is 0 Å². The molecular weight excluding hydrogens is 392 g/mol. The van der Waals surface area contributed by atoms with Crippen LogP contribution in [0.15, 0.2) is 0 Å². The van der Waals surface area contributed by atoms with Crippen LogP contribution in [0.4, 0.5) is 0 Å². The maximum absolute atomic E-state index is 11.7. The van der Waals surface area contributed by atoms with E-state index in [0.717, 1.165) is 38.5 Å². The van der Waals surface area contributed by atoms with Gasteiger partial charge in [-0.2, -0.15) is 0 Å². The van der Waals surface area contributed by atoms with Crippen molar-refractivity contribution in [2.45, 2.75) is 96.9 Å². The van der Waals surface area contributed by atoms with Gasteiger partial charge in [0.1, 0.15) is 0 Å². The van der Waals surface area contributed by atoms with E-state index in [4.69, 9.17) is 9.47 Å². The Morgan fingerprint density at radius 3 is 2.45 bits per heavy atom. The first kappa shape index (κ1) is 23.5. The summed E-state index contributed by atoms with van der Waals surface area (Å²) < 4.78 is 11.9. The molecule has 31 heavy (non-hydrogen) atoms. The minimum absolute atomic E-state index is 0.136. The van der Waals surface area contributed by atoms with Crippen LogP contribution in [0, 0.1) is 46.3 Å². The largest absolute Gasteiger partial charge is 0.481 e. The molecular formula is C26H44O5. The summed E-state index contributed by atoms with van der Waals surface area (Å²) in [6.07, 6.45) is 8.86. The molecule has 5 heteroatoms. The van der Waals surface area contributed by atoms with Crippen LogP contribution >= 0.6 is 0 Å². The van der Waals surface area contributed by atoms with Crippen molar-refractivity contribution in [2.75, 3.05) is 14.2 Å².